The van der Waals surface area contributed by atoms with Gasteiger partial charge < -0.3 is 10.4 Å². The molecule has 1 fully saturated rings. The Labute approximate surface area is 131 Å². The molecule has 2 rings (SSSR count). The Morgan fingerprint density at radius 3 is 2.86 bits per heavy atom. The van der Waals surface area contributed by atoms with Crippen molar-refractivity contribution in [2.75, 3.05) is 12.3 Å². The maximum atomic E-state index is 11.9. The van der Waals surface area contributed by atoms with Crippen molar-refractivity contribution in [3.63, 3.8) is 0 Å². The molecule has 2 N–H and O–H groups in total. The molecular formula is C17H25NO2S. The lowest BCUT2D eigenvalue weighted by molar-refractivity contribution is -0.119. The summed E-state index contributed by atoms with van der Waals surface area (Å²) in [4.78, 5) is 13.1. The van der Waals surface area contributed by atoms with Crippen LogP contribution < -0.4 is 5.32 Å². The Morgan fingerprint density at radius 2 is 2.10 bits per heavy atom. The molecule has 116 valence electrons. The minimum Gasteiger partial charge on any atom is -0.393 e. The summed E-state index contributed by atoms with van der Waals surface area (Å²) in [6.45, 7) is 4.74. The number of aliphatic hydroxyl groups is 1. The second kappa shape index (κ2) is 7.85. The highest BCUT2D eigenvalue weighted by molar-refractivity contribution is 8.00. The summed E-state index contributed by atoms with van der Waals surface area (Å²) in [5.41, 5.74) is 2.43. The monoisotopic (exact) mass is 307 g/mol. The molecule has 1 aliphatic carbocycles. The van der Waals surface area contributed by atoms with Crippen molar-refractivity contribution >= 4 is 17.7 Å². The van der Waals surface area contributed by atoms with Gasteiger partial charge in [-0.25, -0.2) is 0 Å². The van der Waals surface area contributed by atoms with E-state index in [4.69, 9.17) is 0 Å². The summed E-state index contributed by atoms with van der Waals surface area (Å²) in [5, 5.41) is 12.9. The number of amides is 1. The number of hydrogen-bond acceptors (Lipinski definition) is 3. The van der Waals surface area contributed by atoms with Crippen LogP contribution in [-0.4, -0.2) is 29.4 Å². The first-order valence-corrected chi connectivity index (χ1v) is 8.69. The Balaban J connectivity index is 1.75. The van der Waals surface area contributed by atoms with Crippen LogP contribution in [0.25, 0.3) is 0 Å². The molecule has 0 radical (unpaired) electrons. The third-order valence-corrected chi connectivity index (χ3v) is 5.29. The molecule has 0 heterocycles. The number of carbonyl (C=O) groups excluding carboxylic acids is 1. The predicted octanol–water partition coefficient (Wildman–Crippen LogP) is 3.06. The molecule has 1 aliphatic rings. The number of rotatable bonds is 5. The number of benzene rings is 1. The fourth-order valence-corrected chi connectivity index (χ4v) is 3.68. The van der Waals surface area contributed by atoms with Crippen molar-refractivity contribution in [2.45, 2.75) is 50.5 Å². The van der Waals surface area contributed by atoms with Gasteiger partial charge in [0.15, 0.2) is 0 Å². The van der Waals surface area contributed by atoms with Crippen molar-refractivity contribution in [1.82, 2.24) is 5.32 Å². The van der Waals surface area contributed by atoms with E-state index in [0.717, 1.165) is 25.7 Å². The van der Waals surface area contributed by atoms with Crippen molar-refractivity contribution in [3.8, 4) is 0 Å². The van der Waals surface area contributed by atoms with Crippen LogP contribution in [0.3, 0.4) is 0 Å². The van der Waals surface area contributed by atoms with Gasteiger partial charge in [0.1, 0.15) is 0 Å². The molecule has 1 aromatic rings. The highest BCUT2D eigenvalue weighted by Gasteiger charge is 2.23. The van der Waals surface area contributed by atoms with E-state index < -0.39 is 0 Å². The summed E-state index contributed by atoms with van der Waals surface area (Å²) in [6.07, 6.45) is 3.91. The predicted molar refractivity (Wildman–Crippen MR) is 87.6 cm³/mol. The lowest BCUT2D eigenvalue weighted by atomic mass is 9.86. The van der Waals surface area contributed by atoms with Gasteiger partial charge in [0.05, 0.1) is 11.9 Å². The Bertz CT molecular complexity index is 490. The molecule has 0 spiro atoms. The summed E-state index contributed by atoms with van der Waals surface area (Å²) >= 11 is 1.58. The third-order valence-electron chi connectivity index (χ3n) is 4.13. The van der Waals surface area contributed by atoms with Crippen molar-refractivity contribution in [1.29, 1.82) is 0 Å². The Morgan fingerprint density at radius 1 is 1.33 bits per heavy atom. The minimum atomic E-state index is -0.245. The molecule has 21 heavy (non-hydrogen) atoms. The van der Waals surface area contributed by atoms with Crippen LogP contribution in [0.15, 0.2) is 23.1 Å². The smallest absolute Gasteiger partial charge is 0.230 e. The van der Waals surface area contributed by atoms with Crippen molar-refractivity contribution in [3.05, 3.63) is 29.3 Å². The third kappa shape index (κ3) is 5.04. The van der Waals surface area contributed by atoms with E-state index in [2.05, 4.69) is 37.4 Å². The highest BCUT2D eigenvalue weighted by Crippen LogP contribution is 2.25. The second-order valence-electron chi connectivity index (χ2n) is 5.97. The van der Waals surface area contributed by atoms with Crippen LogP contribution in [0, 0.1) is 19.8 Å². The molecule has 3 nitrogen and oxygen atoms in total. The van der Waals surface area contributed by atoms with E-state index in [0.29, 0.717) is 12.3 Å². The quantitative estimate of drug-likeness (QED) is 0.822. The number of nitrogens with one attached hydrogen (secondary N) is 1. The number of aliphatic hydroxyl groups excluding tert-OH is 1. The molecule has 0 saturated heterocycles. The van der Waals surface area contributed by atoms with Crippen LogP contribution in [0.1, 0.15) is 36.8 Å². The van der Waals surface area contributed by atoms with E-state index in [1.165, 1.54) is 16.0 Å². The fourth-order valence-electron chi connectivity index (χ4n) is 2.73. The fraction of sp³-hybridized carbons (Fsp3) is 0.588. The van der Waals surface area contributed by atoms with Crippen LogP contribution >= 0.6 is 11.8 Å². The lowest BCUT2D eigenvalue weighted by Crippen LogP contribution is -2.37. The van der Waals surface area contributed by atoms with E-state index in [1.54, 1.807) is 11.8 Å². The summed E-state index contributed by atoms with van der Waals surface area (Å²) in [7, 11) is 0. The maximum absolute atomic E-state index is 11.9. The highest BCUT2D eigenvalue weighted by atomic mass is 32.2. The van der Waals surface area contributed by atoms with Crippen LogP contribution in [-0.2, 0) is 4.79 Å². The number of carbonyl (C=O) groups is 1. The van der Waals surface area contributed by atoms with Gasteiger partial charge in [-0.1, -0.05) is 30.5 Å². The van der Waals surface area contributed by atoms with Gasteiger partial charge in [0.2, 0.25) is 5.91 Å². The largest absolute Gasteiger partial charge is 0.393 e. The number of aryl methyl sites for hydroxylation is 2. The maximum Gasteiger partial charge on any atom is 0.230 e. The van der Waals surface area contributed by atoms with E-state index >= 15 is 0 Å². The Hall–Kier alpha value is -1.00. The van der Waals surface area contributed by atoms with Crippen LogP contribution in [0.4, 0.5) is 0 Å². The standard InChI is InChI=1S/C17H25NO2S/c1-12-7-8-13(2)16(9-12)21-11-17(20)18-10-14-5-3-4-6-15(14)19/h7-9,14-15,19H,3-6,10-11H2,1-2H3,(H,18,20). The first-order valence-electron chi connectivity index (χ1n) is 7.71. The Kier molecular flexibility index (Phi) is 6.12. The van der Waals surface area contributed by atoms with Gasteiger partial charge in [0.25, 0.3) is 0 Å². The number of hydrogen-bond donors (Lipinski definition) is 2. The zero-order valence-electron chi connectivity index (χ0n) is 12.9. The average Bonchev–Trinajstić information content (AvgIpc) is 2.47. The summed E-state index contributed by atoms with van der Waals surface area (Å²) in [5.74, 6) is 0.722. The topological polar surface area (TPSA) is 49.3 Å². The van der Waals surface area contributed by atoms with Crippen LogP contribution in [0.2, 0.25) is 0 Å². The number of thioether (sulfide) groups is 1. The molecule has 2 unspecified atom stereocenters. The van der Waals surface area contributed by atoms with Gasteiger partial charge in [-0.2, -0.15) is 0 Å². The van der Waals surface area contributed by atoms with Gasteiger partial charge in [-0.15, -0.1) is 11.8 Å². The van der Waals surface area contributed by atoms with Gasteiger partial charge >= 0.3 is 0 Å². The molecule has 0 aliphatic heterocycles. The van der Waals surface area contributed by atoms with E-state index in [-0.39, 0.29) is 17.9 Å². The van der Waals surface area contributed by atoms with E-state index in [9.17, 15) is 9.90 Å². The lowest BCUT2D eigenvalue weighted by Gasteiger charge is -2.27. The first-order chi connectivity index (χ1) is 10.1. The molecule has 1 aromatic carbocycles. The van der Waals surface area contributed by atoms with Gasteiger partial charge in [-0.3, -0.25) is 4.79 Å². The molecule has 1 amide bonds. The normalized spacial score (nSPS) is 22.0. The van der Waals surface area contributed by atoms with Gasteiger partial charge in [0, 0.05) is 17.4 Å². The molecule has 0 aromatic heterocycles. The van der Waals surface area contributed by atoms with Gasteiger partial charge in [-0.05, 0) is 38.3 Å². The molecule has 0 bridgehead atoms. The zero-order valence-corrected chi connectivity index (χ0v) is 13.7. The molecule has 1 saturated carbocycles. The summed E-state index contributed by atoms with van der Waals surface area (Å²) < 4.78 is 0. The van der Waals surface area contributed by atoms with Crippen molar-refractivity contribution in [2.24, 2.45) is 5.92 Å². The second-order valence-corrected chi connectivity index (χ2v) is 6.99. The molecule has 4 heteroatoms. The van der Waals surface area contributed by atoms with Crippen LogP contribution in [0.5, 0.6) is 0 Å². The zero-order chi connectivity index (χ0) is 15.2. The first kappa shape index (κ1) is 16.4. The summed E-state index contributed by atoms with van der Waals surface area (Å²) in [6, 6.07) is 6.30. The average molecular weight is 307 g/mol. The molecular weight excluding hydrogens is 282 g/mol. The van der Waals surface area contributed by atoms with Crippen molar-refractivity contribution < 1.29 is 9.90 Å². The SMILES string of the molecule is Cc1ccc(C)c(SCC(=O)NCC2CCCCC2O)c1. The minimum absolute atomic E-state index is 0.0543. The molecule has 2 atom stereocenters. The van der Waals surface area contributed by atoms with E-state index in [1.807, 2.05) is 0 Å².